The van der Waals surface area contributed by atoms with Crippen LogP contribution < -0.4 is 4.90 Å². The van der Waals surface area contributed by atoms with Crippen LogP contribution in [0.15, 0.2) is 229 Å². The van der Waals surface area contributed by atoms with Crippen molar-refractivity contribution in [2.45, 2.75) is 0 Å². The molecule has 0 spiro atoms. The van der Waals surface area contributed by atoms with Crippen LogP contribution in [0.2, 0.25) is 0 Å². The van der Waals surface area contributed by atoms with Crippen LogP contribution in [0, 0.1) is 0 Å². The minimum atomic E-state index is 0.898. The van der Waals surface area contributed by atoms with Gasteiger partial charge in [-0.25, -0.2) is 0 Å². The van der Waals surface area contributed by atoms with E-state index >= 15 is 0 Å². The van der Waals surface area contributed by atoms with Crippen LogP contribution in [0.25, 0.3) is 88.0 Å². The first-order chi connectivity index (χ1) is 28.7. The van der Waals surface area contributed by atoms with Crippen molar-refractivity contribution >= 4 is 60.5 Å². The summed E-state index contributed by atoms with van der Waals surface area (Å²) in [6.07, 6.45) is 0. The summed E-state index contributed by atoms with van der Waals surface area (Å²) in [4.78, 5) is 2.36. The molecule has 0 unspecified atom stereocenters. The summed E-state index contributed by atoms with van der Waals surface area (Å²) in [7, 11) is 0. The average Bonchev–Trinajstić information content (AvgIpc) is 3.70. The second-order valence-electron chi connectivity index (χ2n) is 14.9. The first-order valence-electron chi connectivity index (χ1n) is 19.8. The molecule has 10 aromatic carbocycles. The van der Waals surface area contributed by atoms with E-state index in [0.717, 1.165) is 55.5 Å². The van der Waals surface area contributed by atoms with Crippen molar-refractivity contribution in [3.63, 3.8) is 0 Å². The van der Waals surface area contributed by atoms with Gasteiger partial charge in [-0.2, -0.15) is 0 Å². The summed E-state index contributed by atoms with van der Waals surface area (Å²) in [5.41, 5.74) is 14.6. The number of rotatable bonds is 7. The maximum Gasteiger partial charge on any atom is 0.143 e. The lowest BCUT2D eigenvalue weighted by Gasteiger charge is -2.26. The van der Waals surface area contributed by atoms with Crippen molar-refractivity contribution in [2.24, 2.45) is 0 Å². The van der Waals surface area contributed by atoms with E-state index in [-0.39, 0.29) is 0 Å². The Hall–Kier alpha value is -7.68. The highest BCUT2D eigenvalue weighted by Gasteiger charge is 2.18. The van der Waals surface area contributed by atoms with Gasteiger partial charge in [0.15, 0.2) is 0 Å². The molecule has 0 saturated carbocycles. The van der Waals surface area contributed by atoms with E-state index in [2.05, 4.69) is 229 Å². The molecule has 0 bridgehead atoms. The van der Waals surface area contributed by atoms with Gasteiger partial charge in [-0.3, -0.25) is 0 Å². The minimum Gasteiger partial charge on any atom is -0.455 e. The zero-order chi connectivity index (χ0) is 38.4. The standard InChI is InChI=1S/C56H37NO/c1-2-11-38(12-3-1)39-23-25-40(26-24-39)41-27-32-46(33-28-41)57(48-17-8-16-45(37-48)50-20-9-15-42-13-4-6-18-49(42)50)47-34-29-44(30-35-47)51-21-10-22-54-55(51)53-36-31-43-14-5-7-19-52(43)56(53)58-54/h1-37H. The summed E-state index contributed by atoms with van der Waals surface area (Å²) in [6, 6.07) is 80.6. The van der Waals surface area contributed by atoms with Gasteiger partial charge in [0.2, 0.25) is 0 Å². The van der Waals surface area contributed by atoms with Crippen LogP contribution in [0.5, 0.6) is 0 Å². The summed E-state index contributed by atoms with van der Waals surface area (Å²) in [5.74, 6) is 0. The molecule has 11 aromatic rings. The van der Waals surface area contributed by atoms with Gasteiger partial charge >= 0.3 is 0 Å². The maximum absolute atomic E-state index is 6.54. The van der Waals surface area contributed by atoms with Crippen LogP contribution in [0.1, 0.15) is 0 Å². The number of fused-ring (bicyclic) bond motifs is 6. The summed E-state index contributed by atoms with van der Waals surface area (Å²) in [5, 5.41) is 7.07. The maximum atomic E-state index is 6.54. The molecular weight excluding hydrogens is 703 g/mol. The van der Waals surface area contributed by atoms with E-state index in [0.29, 0.717) is 0 Å². The number of hydrogen-bond donors (Lipinski definition) is 0. The third-order valence-corrected chi connectivity index (χ3v) is 11.5. The molecule has 1 aromatic heterocycles. The summed E-state index contributed by atoms with van der Waals surface area (Å²) in [6.45, 7) is 0. The van der Waals surface area contributed by atoms with E-state index in [1.807, 2.05) is 0 Å². The molecule has 0 saturated heterocycles. The van der Waals surface area contributed by atoms with Crippen molar-refractivity contribution in [3.8, 4) is 44.5 Å². The molecule has 0 aliphatic heterocycles. The molecule has 2 nitrogen and oxygen atoms in total. The molecule has 272 valence electrons. The van der Waals surface area contributed by atoms with E-state index in [1.165, 1.54) is 49.5 Å². The van der Waals surface area contributed by atoms with Crippen molar-refractivity contribution in [3.05, 3.63) is 224 Å². The normalized spacial score (nSPS) is 11.4. The predicted molar refractivity (Wildman–Crippen MR) is 245 cm³/mol. The Bertz CT molecular complexity index is 3250. The molecule has 0 fully saturated rings. The molecule has 58 heavy (non-hydrogen) atoms. The van der Waals surface area contributed by atoms with E-state index in [9.17, 15) is 0 Å². The third-order valence-electron chi connectivity index (χ3n) is 11.5. The molecule has 11 rings (SSSR count). The number of benzene rings is 10. The van der Waals surface area contributed by atoms with Crippen molar-refractivity contribution < 1.29 is 4.42 Å². The quantitative estimate of drug-likeness (QED) is 0.162. The van der Waals surface area contributed by atoms with Crippen molar-refractivity contribution in [2.75, 3.05) is 4.90 Å². The first-order valence-corrected chi connectivity index (χ1v) is 19.8. The highest BCUT2D eigenvalue weighted by Crippen LogP contribution is 2.42. The fourth-order valence-electron chi connectivity index (χ4n) is 8.61. The number of nitrogens with zero attached hydrogens (tertiary/aromatic N) is 1. The highest BCUT2D eigenvalue weighted by atomic mass is 16.3. The molecule has 0 aliphatic carbocycles. The number of anilines is 3. The van der Waals surface area contributed by atoms with Crippen LogP contribution in [0.4, 0.5) is 17.1 Å². The first kappa shape index (κ1) is 33.6. The van der Waals surface area contributed by atoms with Crippen molar-refractivity contribution in [1.82, 2.24) is 0 Å². The molecule has 0 aliphatic rings. The molecular formula is C56H37NO. The second kappa shape index (κ2) is 14.1. The molecule has 2 heteroatoms. The smallest absolute Gasteiger partial charge is 0.143 e. The summed E-state index contributed by atoms with van der Waals surface area (Å²) >= 11 is 0. The van der Waals surface area contributed by atoms with Gasteiger partial charge in [0.1, 0.15) is 11.2 Å². The topological polar surface area (TPSA) is 16.4 Å². The summed E-state index contributed by atoms with van der Waals surface area (Å²) < 4.78 is 6.54. The lowest BCUT2D eigenvalue weighted by Crippen LogP contribution is -2.10. The van der Waals surface area contributed by atoms with Gasteiger partial charge in [0, 0.05) is 33.2 Å². The third kappa shape index (κ3) is 5.91. The Balaban J connectivity index is 1.00. The Morgan fingerprint density at radius 3 is 1.53 bits per heavy atom. The molecule has 1 heterocycles. The molecule has 0 amide bonds. The fourth-order valence-corrected chi connectivity index (χ4v) is 8.61. The highest BCUT2D eigenvalue weighted by molar-refractivity contribution is 6.19. The minimum absolute atomic E-state index is 0.898. The predicted octanol–water partition coefficient (Wildman–Crippen LogP) is 16.0. The van der Waals surface area contributed by atoms with Gasteiger partial charge in [-0.05, 0) is 109 Å². The van der Waals surface area contributed by atoms with E-state index in [1.54, 1.807) is 0 Å². The van der Waals surface area contributed by atoms with Crippen LogP contribution in [0.3, 0.4) is 0 Å². The van der Waals surface area contributed by atoms with Crippen LogP contribution in [-0.2, 0) is 0 Å². The van der Waals surface area contributed by atoms with Crippen LogP contribution >= 0.6 is 0 Å². The van der Waals surface area contributed by atoms with Crippen molar-refractivity contribution in [1.29, 1.82) is 0 Å². The van der Waals surface area contributed by atoms with Gasteiger partial charge < -0.3 is 9.32 Å². The van der Waals surface area contributed by atoms with Gasteiger partial charge in [0.25, 0.3) is 0 Å². The van der Waals surface area contributed by atoms with Gasteiger partial charge in [-0.1, -0.05) is 176 Å². The second-order valence-corrected chi connectivity index (χ2v) is 14.9. The Morgan fingerprint density at radius 1 is 0.293 bits per heavy atom. The Labute approximate surface area is 337 Å². The largest absolute Gasteiger partial charge is 0.455 e. The SMILES string of the molecule is c1ccc(-c2ccc(-c3ccc(N(c4ccc(-c5cccc6oc7c8ccccc8ccc7c56)cc4)c4cccc(-c5cccc6ccccc56)c4)cc3)cc2)cc1. The van der Waals surface area contributed by atoms with Gasteiger partial charge in [-0.15, -0.1) is 0 Å². The average molecular weight is 740 g/mol. The Kier molecular flexibility index (Phi) is 8.19. The van der Waals surface area contributed by atoms with E-state index in [4.69, 9.17) is 4.42 Å². The van der Waals surface area contributed by atoms with E-state index < -0.39 is 0 Å². The fraction of sp³-hybridized carbons (Fsp3) is 0. The van der Waals surface area contributed by atoms with Gasteiger partial charge in [0.05, 0.1) is 0 Å². The lowest BCUT2D eigenvalue weighted by molar-refractivity contribution is 0.673. The number of furan rings is 1. The molecule has 0 N–H and O–H groups in total. The molecule has 0 atom stereocenters. The zero-order valence-corrected chi connectivity index (χ0v) is 31.7. The monoisotopic (exact) mass is 739 g/mol. The molecule has 0 radical (unpaired) electrons. The Morgan fingerprint density at radius 2 is 0.810 bits per heavy atom. The van der Waals surface area contributed by atoms with Crippen LogP contribution in [-0.4, -0.2) is 0 Å². The lowest BCUT2D eigenvalue weighted by atomic mass is 9.97. The number of hydrogen-bond acceptors (Lipinski definition) is 2. The zero-order valence-electron chi connectivity index (χ0n) is 31.7.